The van der Waals surface area contributed by atoms with E-state index in [2.05, 4.69) is 179 Å². The number of aromatic nitrogens is 4. The van der Waals surface area contributed by atoms with E-state index in [0.29, 0.717) is 5.82 Å². The summed E-state index contributed by atoms with van der Waals surface area (Å²) in [6.07, 6.45) is 0. The summed E-state index contributed by atoms with van der Waals surface area (Å²) in [6, 6.07) is 69.2. The van der Waals surface area contributed by atoms with Crippen molar-refractivity contribution in [3.05, 3.63) is 194 Å². The maximum atomic E-state index is 5.14. The lowest BCUT2D eigenvalue weighted by molar-refractivity contribution is 1.17. The molecule has 0 aliphatic heterocycles. The van der Waals surface area contributed by atoms with Crippen LogP contribution in [0.5, 0.6) is 0 Å². The predicted molar refractivity (Wildman–Crippen MR) is 240 cm³/mol. The van der Waals surface area contributed by atoms with Crippen molar-refractivity contribution in [2.45, 2.75) is 0 Å². The van der Waals surface area contributed by atoms with Crippen LogP contribution in [0, 0.1) is 0 Å². The van der Waals surface area contributed by atoms with Crippen LogP contribution in [-0.4, -0.2) is 19.1 Å². The van der Waals surface area contributed by atoms with Gasteiger partial charge in [0.15, 0.2) is 5.82 Å². The highest BCUT2D eigenvalue weighted by Crippen LogP contribution is 2.51. The van der Waals surface area contributed by atoms with Crippen molar-refractivity contribution in [2.24, 2.45) is 0 Å². The van der Waals surface area contributed by atoms with Crippen LogP contribution < -0.4 is 0 Å². The molecule has 0 radical (unpaired) electrons. The van der Waals surface area contributed by atoms with Gasteiger partial charge in [-0.3, -0.25) is 0 Å². The Morgan fingerprint density at radius 2 is 0.860 bits per heavy atom. The number of rotatable bonds is 5. The fourth-order valence-corrected chi connectivity index (χ4v) is 10.1. The van der Waals surface area contributed by atoms with Crippen LogP contribution in [0.25, 0.3) is 109 Å². The van der Waals surface area contributed by atoms with E-state index in [-0.39, 0.29) is 0 Å². The van der Waals surface area contributed by atoms with Crippen molar-refractivity contribution in [3.63, 3.8) is 0 Å². The second-order valence-electron chi connectivity index (χ2n) is 14.5. The number of thiophene rings is 1. The summed E-state index contributed by atoms with van der Waals surface area (Å²) in [6.45, 7) is 0. The molecule has 266 valence electrons. The third kappa shape index (κ3) is 4.86. The van der Waals surface area contributed by atoms with Gasteiger partial charge < -0.3 is 9.13 Å². The average molecular weight is 745 g/mol. The molecule has 0 aliphatic rings. The first-order valence-corrected chi connectivity index (χ1v) is 20.1. The van der Waals surface area contributed by atoms with Gasteiger partial charge in [-0.15, -0.1) is 11.3 Å². The van der Waals surface area contributed by atoms with Crippen molar-refractivity contribution in [1.82, 2.24) is 19.1 Å². The Morgan fingerprint density at radius 3 is 1.53 bits per heavy atom. The number of fused-ring (bicyclic) bond motifs is 12. The van der Waals surface area contributed by atoms with E-state index < -0.39 is 0 Å². The third-order valence-corrected chi connectivity index (χ3v) is 12.5. The van der Waals surface area contributed by atoms with E-state index in [4.69, 9.17) is 9.97 Å². The molecular weight excluding hydrogens is 713 g/mol. The Morgan fingerprint density at radius 1 is 0.368 bits per heavy atom. The van der Waals surface area contributed by atoms with Gasteiger partial charge in [-0.05, 0) is 48.5 Å². The van der Waals surface area contributed by atoms with Crippen molar-refractivity contribution >= 4 is 75.1 Å². The number of para-hydroxylation sites is 3. The lowest BCUT2D eigenvalue weighted by atomic mass is 10.0. The van der Waals surface area contributed by atoms with Crippen molar-refractivity contribution in [1.29, 1.82) is 0 Å². The molecule has 0 saturated carbocycles. The molecule has 0 fully saturated rings. The van der Waals surface area contributed by atoms with E-state index >= 15 is 0 Å². The molecule has 0 aliphatic carbocycles. The maximum absolute atomic E-state index is 5.14. The lowest BCUT2D eigenvalue weighted by Crippen LogP contribution is -1.97. The maximum Gasteiger partial charge on any atom is 0.160 e. The monoisotopic (exact) mass is 744 g/mol. The highest BCUT2D eigenvalue weighted by molar-refractivity contribution is 7.27. The molecule has 0 atom stereocenters. The zero-order valence-corrected chi connectivity index (χ0v) is 31.5. The molecule has 0 bridgehead atoms. The van der Waals surface area contributed by atoms with Crippen LogP contribution in [0.15, 0.2) is 194 Å². The molecule has 12 rings (SSSR count). The van der Waals surface area contributed by atoms with Gasteiger partial charge in [-0.25, -0.2) is 9.97 Å². The molecule has 0 amide bonds. The lowest BCUT2D eigenvalue weighted by Gasteiger charge is -2.13. The molecular formula is C52H32N4S. The highest BCUT2D eigenvalue weighted by atomic mass is 32.1. The second-order valence-corrected chi connectivity index (χ2v) is 15.6. The minimum absolute atomic E-state index is 0.711. The molecule has 0 spiro atoms. The SMILES string of the molecule is c1ccc(-c2cc(-c3ccc(-n4c5ccccc5c5c6c7ccccc7sc6c6c(c7ccccc7n6-c6ccccc6)c54)cc3)nc(-c3ccccc3)n2)cc1. The summed E-state index contributed by atoms with van der Waals surface area (Å²) >= 11 is 1.90. The van der Waals surface area contributed by atoms with Crippen molar-refractivity contribution in [3.8, 4) is 45.3 Å². The topological polar surface area (TPSA) is 35.6 Å². The van der Waals surface area contributed by atoms with Gasteiger partial charge in [0.25, 0.3) is 0 Å². The number of benzene rings is 8. The van der Waals surface area contributed by atoms with E-state index in [1.54, 1.807) is 0 Å². The van der Waals surface area contributed by atoms with E-state index in [1.165, 1.54) is 63.8 Å². The van der Waals surface area contributed by atoms with E-state index in [0.717, 1.165) is 39.5 Å². The number of hydrogen-bond donors (Lipinski definition) is 0. The van der Waals surface area contributed by atoms with Gasteiger partial charge in [-0.1, -0.05) is 146 Å². The van der Waals surface area contributed by atoms with Gasteiger partial charge in [0.1, 0.15) is 0 Å². The minimum atomic E-state index is 0.711. The summed E-state index contributed by atoms with van der Waals surface area (Å²) < 4.78 is 7.58. The van der Waals surface area contributed by atoms with Crippen LogP contribution in [0.1, 0.15) is 0 Å². The Kier molecular flexibility index (Phi) is 7.06. The molecule has 57 heavy (non-hydrogen) atoms. The third-order valence-electron chi connectivity index (χ3n) is 11.3. The zero-order chi connectivity index (χ0) is 37.5. The predicted octanol–water partition coefficient (Wildman–Crippen LogP) is 14.0. The minimum Gasteiger partial charge on any atom is -0.309 e. The van der Waals surface area contributed by atoms with Gasteiger partial charge in [0.2, 0.25) is 0 Å². The van der Waals surface area contributed by atoms with Crippen LogP contribution in [0.3, 0.4) is 0 Å². The average Bonchev–Trinajstić information content (AvgIpc) is 3.95. The van der Waals surface area contributed by atoms with Crippen LogP contribution >= 0.6 is 11.3 Å². The largest absolute Gasteiger partial charge is 0.309 e. The van der Waals surface area contributed by atoms with Gasteiger partial charge in [-0.2, -0.15) is 0 Å². The van der Waals surface area contributed by atoms with Crippen LogP contribution in [-0.2, 0) is 0 Å². The van der Waals surface area contributed by atoms with Crippen molar-refractivity contribution < 1.29 is 0 Å². The van der Waals surface area contributed by atoms with E-state index in [1.807, 2.05) is 35.6 Å². The molecule has 4 heterocycles. The summed E-state index contributed by atoms with van der Waals surface area (Å²) in [5, 5.41) is 7.65. The Hall–Kier alpha value is -7.34. The molecule has 4 nitrogen and oxygen atoms in total. The molecule has 0 unspecified atom stereocenters. The van der Waals surface area contributed by atoms with Crippen LogP contribution in [0.4, 0.5) is 0 Å². The Bertz CT molecular complexity index is 3430. The molecule has 8 aromatic carbocycles. The number of hydrogen-bond acceptors (Lipinski definition) is 3. The van der Waals surface area contributed by atoms with Gasteiger partial charge >= 0.3 is 0 Å². The summed E-state index contributed by atoms with van der Waals surface area (Å²) in [4.78, 5) is 10.2. The van der Waals surface area contributed by atoms with Crippen molar-refractivity contribution in [2.75, 3.05) is 0 Å². The molecule has 0 saturated heterocycles. The summed E-state index contributed by atoms with van der Waals surface area (Å²) in [5.74, 6) is 0.711. The smallest absolute Gasteiger partial charge is 0.160 e. The Balaban J connectivity index is 1.17. The first-order valence-electron chi connectivity index (χ1n) is 19.3. The first kappa shape index (κ1) is 32.0. The fraction of sp³-hybridized carbons (Fsp3) is 0. The normalized spacial score (nSPS) is 11.9. The molecule has 5 heteroatoms. The molecule has 4 aromatic heterocycles. The van der Waals surface area contributed by atoms with E-state index in [9.17, 15) is 0 Å². The van der Waals surface area contributed by atoms with Gasteiger partial charge in [0.05, 0.1) is 38.2 Å². The van der Waals surface area contributed by atoms with Gasteiger partial charge in [0, 0.05) is 65.1 Å². The molecule has 12 aromatic rings. The quantitative estimate of drug-likeness (QED) is 0.176. The first-order chi connectivity index (χ1) is 28.3. The van der Waals surface area contributed by atoms with Crippen LogP contribution in [0.2, 0.25) is 0 Å². The zero-order valence-electron chi connectivity index (χ0n) is 30.7. The highest BCUT2D eigenvalue weighted by Gasteiger charge is 2.26. The Labute approximate surface area is 332 Å². The standard InChI is InChI=1S/C52H32N4S/c1-4-16-33(17-5-1)41-32-42(54-52(53-41)35-18-6-2-7-19-35)34-28-30-37(31-29-34)55-43-25-13-10-22-38(43)46-47-40-24-12-15-27-45(40)57-51(47)50-48(49(46)55)39-23-11-14-26-44(39)56(50)36-20-8-3-9-21-36/h1-32H. The molecule has 0 N–H and O–H groups in total. The fourth-order valence-electron chi connectivity index (χ4n) is 8.85. The second kappa shape index (κ2) is 12.6. The number of nitrogens with zero attached hydrogens (tertiary/aromatic N) is 4. The summed E-state index contributed by atoms with van der Waals surface area (Å²) in [7, 11) is 0. The summed E-state index contributed by atoms with van der Waals surface area (Å²) in [5.41, 5.74) is 12.0.